The standard InChI is InChI=1S/C13H15NO5/c1-18-7-3-4-10(11(5-7)19-2)14-12(15)8-6-9(8)13(16)17/h3-5,8-9H,6H2,1-2H3,(H,14,15)(H,16,17). The molecule has 2 rings (SSSR count). The van der Waals surface area contributed by atoms with Gasteiger partial charge in [-0.15, -0.1) is 0 Å². The van der Waals surface area contributed by atoms with E-state index >= 15 is 0 Å². The first-order valence-corrected chi connectivity index (χ1v) is 5.82. The summed E-state index contributed by atoms with van der Waals surface area (Å²) in [6.07, 6.45) is 0.389. The molecule has 0 bridgehead atoms. The molecule has 2 atom stereocenters. The number of carbonyl (C=O) groups excluding carboxylic acids is 1. The molecule has 0 heterocycles. The lowest BCUT2D eigenvalue weighted by Gasteiger charge is -2.11. The van der Waals surface area contributed by atoms with Crippen LogP contribution in [0.1, 0.15) is 6.42 Å². The summed E-state index contributed by atoms with van der Waals surface area (Å²) in [5, 5.41) is 11.5. The minimum atomic E-state index is -0.929. The zero-order valence-corrected chi connectivity index (χ0v) is 10.7. The number of carboxylic acids is 1. The molecule has 0 radical (unpaired) electrons. The number of carbonyl (C=O) groups is 2. The van der Waals surface area contributed by atoms with E-state index in [-0.39, 0.29) is 5.91 Å². The topological polar surface area (TPSA) is 84.9 Å². The SMILES string of the molecule is COc1ccc(NC(=O)C2CC2C(=O)O)c(OC)c1. The molecule has 1 aromatic rings. The maximum atomic E-state index is 11.9. The van der Waals surface area contributed by atoms with Crippen LogP contribution < -0.4 is 14.8 Å². The molecule has 1 fully saturated rings. The molecule has 6 heteroatoms. The first-order valence-electron chi connectivity index (χ1n) is 5.82. The molecule has 1 aromatic carbocycles. The van der Waals surface area contributed by atoms with Crippen molar-refractivity contribution in [1.82, 2.24) is 0 Å². The molecular weight excluding hydrogens is 250 g/mol. The maximum absolute atomic E-state index is 11.9. The van der Waals surface area contributed by atoms with Crippen LogP contribution in [0.3, 0.4) is 0 Å². The number of carboxylic acid groups (broad SMARTS) is 1. The van der Waals surface area contributed by atoms with Crippen molar-refractivity contribution in [2.24, 2.45) is 11.8 Å². The summed E-state index contributed by atoms with van der Waals surface area (Å²) in [5.41, 5.74) is 0.504. The van der Waals surface area contributed by atoms with Crippen LogP contribution in [0.15, 0.2) is 18.2 Å². The second-order valence-electron chi connectivity index (χ2n) is 4.34. The summed E-state index contributed by atoms with van der Waals surface area (Å²) in [4.78, 5) is 22.6. The molecule has 0 aliphatic heterocycles. The van der Waals surface area contributed by atoms with Crippen LogP contribution in [0.2, 0.25) is 0 Å². The van der Waals surface area contributed by atoms with Crippen LogP contribution in [0.4, 0.5) is 5.69 Å². The van der Waals surface area contributed by atoms with Gasteiger partial charge >= 0.3 is 5.97 Å². The Labute approximate surface area is 110 Å². The number of anilines is 1. The Hall–Kier alpha value is -2.24. The Bertz CT molecular complexity index is 514. The molecule has 6 nitrogen and oxygen atoms in total. The Morgan fingerprint density at radius 1 is 1.26 bits per heavy atom. The number of ether oxygens (including phenoxy) is 2. The van der Waals surface area contributed by atoms with Gasteiger partial charge in [0.2, 0.25) is 5.91 Å². The van der Waals surface area contributed by atoms with Crippen LogP contribution in [0.25, 0.3) is 0 Å². The minimum absolute atomic E-state index is 0.295. The van der Waals surface area contributed by atoms with E-state index in [0.717, 1.165) is 0 Å². The molecule has 0 aromatic heterocycles. The zero-order chi connectivity index (χ0) is 14.0. The molecule has 0 spiro atoms. The second kappa shape index (κ2) is 5.17. The van der Waals surface area contributed by atoms with Gasteiger partial charge in [0.05, 0.1) is 31.7 Å². The van der Waals surface area contributed by atoms with Gasteiger partial charge in [-0.3, -0.25) is 9.59 Å². The molecule has 102 valence electrons. The van der Waals surface area contributed by atoms with E-state index in [2.05, 4.69) is 5.32 Å². The predicted molar refractivity (Wildman–Crippen MR) is 67.4 cm³/mol. The summed E-state index contributed by atoms with van der Waals surface area (Å²) in [7, 11) is 3.02. The Morgan fingerprint density at radius 2 is 2.00 bits per heavy atom. The molecule has 2 unspecified atom stereocenters. The van der Waals surface area contributed by atoms with Crippen LogP contribution in [0.5, 0.6) is 11.5 Å². The van der Waals surface area contributed by atoms with E-state index < -0.39 is 17.8 Å². The third-order valence-electron chi connectivity index (χ3n) is 3.11. The fraction of sp³-hybridized carbons (Fsp3) is 0.385. The van der Waals surface area contributed by atoms with E-state index in [0.29, 0.717) is 23.6 Å². The largest absolute Gasteiger partial charge is 0.497 e. The van der Waals surface area contributed by atoms with Crippen LogP contribution >= 0.6 is 0 Å². The number of rotatable bonds is 5. The number of amides is 1. The molecule has 19 heavy (non-hydrogen) atoms. The fourth-order valence-corrected chi connectivity index (χ4v) is 1.88. The van der Waals surface area contributed by atoms with Gasteiger partial charge in [0.15, 0.2) is 0 Å². The van der Waals surface area contributed by atoms with Gasteiger partial charge in [0, 0.05) is 6.07 Å². The third kappa shape index (κ3) is 2.78. The molecule has 1 saturated carbocycles. The highest BCUT2D eigenvalue weighted by Gasteiger charge is 2.48. The third-order valence-corrected chi connectivity index (χ3v) is 3.11. The van der Waals surface area contributed by atoms with Gasteiger partial charge in [0.25, 0.3) is 0 Å². The van der Waals surface area contributed by atoms with E-state index in [4.69, 9.17) is 14.6 Å². The van der Waals surface area contributed by atoms with Gasteiger partial charge in [-0.25, -0.2) is 0 Å². The van der Waals surface area contributed by atoms with E-state index in [9.17, 15) is 9.59 Å². The van der Waals surface area contributed by atoms with Crippen LogP contribution in [-0.4, -0.2) is 31.2 Å². The van der Waals surface area contributed by atoms with Gasteiger partial charge in [-0.1, -0.05) is 0 Å². The van der Waals surface area contributed by atoms with Crippen molar-refractivity contribution >= 4 is 17.6 Å². The Kier molecular flexibility index (Phi) is 3.59. The van der Waals surface area contributed by atoms with Gasteiger partial charge < -0.3 is 19.9 Å². The van der Waals surface area contributed by atoms with Gasteiger partial charge in [-0.2, -0.15) is 0 Å². The number of benzene rings is 1. The monoisotopic (exact) mass is 265 g/mol. The minimum Gasteiger partial charge on any atom is -0.497 e. The number of hydrogen-bond acceptors (Lipinski definition) is 4. The molecule has 1 aliphatic rings. The van der Waals surface area contributed by atoms with E-state index in [1.165, 1.54) is 14.2 Å². The second-order valence-corrected chi connectivity index (χ2v) is 4.34. The Morgan fingerprint density at radius 3 is 2.53 bits per heavy atom. The highest BCUT2D eigenvalue weighted by Crippen LogP contribution is 2.40. The number of aliphatic carboxylic acids is 1. The van der Waals surface area contributed by atoms with Crippen molar-refractivity contribution in [2.45, 2.75) is 6.42 Å². The summed E-state index contributed by atoms with van der Waals surface area (Å²) >= 11 is 0. The normalized spacial score (nSPS) is 20.5. The van der Waals surface area contributed by atoms with Gasteiger partial charge in [-0.05, 0) is 18.6 Å². The molecule has 0 saturated heterocycles. The lowest BCUT2D eigenvalue weighted by atomic mass is 10.2. The molecule has 1 aliphatic carbocycles. The van der Waals surface area contributed by atoms with Crippen molar-refractivity contribution in [2.75, 3.05) is 19.5 Å². The van der Waals surface area contributed by atoms with Crippen LogP contribution in [0, 0.1) is 11.8 Å². The Balaban J connectivity index is 2.07. The zero-order valence-electron chi connectivity index (χ0n) is 10.7. The predicted octanol–water partition coefficient (Wildman–Crippen LogP) is 1.36. The number of methoxy groups -OCH3 is 2. The fourth-order valence-electron chi connectivity index (χ4n) is 1.88. The molecule has 1 amide bonds. The highest BCUT2D eigenvalue weighted by atomic mass is 16.5. The number of hydrogen-bond donors (Lipinski definition) is 2. The van der Waals surface area contributed by atoms with Crippen molar-refractivity contribution < 1.29 is 24.2 Å². The summed E-state index contributed by atoms with van der Waals surface area (Å²) in [5.74, 6) is -1.16. The summed E-state index contributed by atoms with van der Waals surface area (Å²) in [6.45, 7) is 0. The van der Waals surface area contributed by atoms with Gasteiger partial charge in [0.1, 0.15) is 11.5 Å². The smallest absolute Gasteiger partial charge is 0.307 e. The summed E-state index contributed by atoms with van der Waals surface area (Å²) in [6, 6.07) is 5.00. The average Bonchev–Trinajstić information content (AvgIpc) is 3.19. The quantitative estimate of drug-likeness (QED) is 0.839. The summed E-state index contributed by atoms with van der Waals surface area (Å²) < 4.78 is 10.2. The van der Waals surface area contributed by atoms with E-state index in [1.807, 2.05) is 0 Å². The maximum Gasteiger partial charge on any atom is 0.307 e. The average molecular weight is 265 g/mol. The lowest BCUT2D eigenvalue weighted by molar-refractivity contribution is -0.139. The first kappa shape index (κ1) is 13.2. The first-order chi connectivity index (χ1) is 9.06. The molecule has 2 N–H and O–H groups in total. The van der Waals surface area contributed by atoms with E-state index in [1.54, 1.807) is 18.2 Å². The van der Waals surface area contributed by atoms with Crippen LogP contribution in [-0.2, 0) is 9.59 Å². The molecular formula is C13H15NO5. The highest BCUT2D eigenvalue weighted by molar-refractivity contribution is 5.99. The van der Waals surface area contributed by atoms with Crippen molar-refractivity contribution in [3.8, 4) is 11.5 Å². The number of nitrogens with one attached hydrogen (secondary N) is 1. The van der Waals surface area contributed by atoms with Crippen molar-refractivity contribution in [3.63, 3.8) is 0 Å². The van der Waals surface area contributed by atoms with Crippen molar-refractivity contribution in [1.29, 1.82) is 0 Å². The van der Waals surface area contributed by atoms with Crippen molar-refractivity contribution in [3.05, 3.63) is 18.2 Å². The lowest BCUT2D eigenvalue weighted by Crippen LogP contribution is -2.17.